The van der Waals surface area contributed by atoms with Crippen LogP contribution in [0.5, 0.6) is 5.75 Å². The van der Waals surface area contributed by atoms with Crippen molar-refractivity contribution < 1.29 is 19.1 Å². The molecule has 0 radical (unpaired) electrons. The summed E-state index contributed by atoms with van der Waals surface area (Å²) in [7, 11) is 0. The minimum Gasteiger partial charge on any atom is -0.464 e. The Morgan fingerprint density at radius 3 is 2.81 bits per heavy atom. The van der Waals surface area contributed by atoms with Gasteiger partial charge in [0, 0.05) is 11.5 Å². The lowest BCUT2D eigenvalue weighted by atomic mass is 9.78. The number of benzene rings is 2. The van der Waals surface area contributed by atoms with Crippen LogP contribution in [0, 0.1) is 24.2 Å². The Morgan fingerprint density at radius 1 is 1.28 bits per heavy atom. The van der Waals surface area contributed by atoms with Crippen LogP contribution in [0.3, 0.4) is 0 Å². The molecule has 2 heterocycles. The molecule has 1 N–H and O–H groups in total. The highest BCUT2D eigenvalue weighted by Crippen LogP contribution is 2.46. The monoisotopic (exact) mass is 447 g/mol. The van der Waals surface area contributed by atoms with E-state index in [1.54, 1.807) is 24.3 Å². The zero-order valence-corrected chi connectivity index (χ0v) is 17.8. The maximum Gasteiger partial charge on any atom is 0.511 e. The van der Waals surface area contributed by atoms with Gasteiger partial charge in [-0.1, -0.05) is 11.6 Å². The van der Waals surface area contributed by atoms with Crippen molar-refractivity contribution in [1.82, 2.24) is 0 Å². The normalized spacial score (nSPS) is 19.0. The van der Waals surface area contributed by atoms with Crippen LogP contribution in [0.4, 0.5) is 10.5 Å². The average molecular weight is 448 g/mol. The van der Waals surface area contributed by atoms with E-state index in [1.807, 2.05) is 36.2 Å². The Morgan fingerprint density at radius 2 is 2.12 bits per heavy atom. The van der Waals surface area contributed by atoms with Gasteiger partial charge in [-0.25, -0.2) is 4.79 Å². The first-order chi connectivity index (χ1) is 15.4. The third-order valence-corrected chi connectivity index (χ3v) is 6.20. The molecule has 2 unspecified atom stereocenters. The molecule has 1 aliphatic heterocycles. The summed E-state index contributed by atoms with van der Waals surface area (Å²) >= 11 is 6.32. The third-order valence-electron chi connectivity index (χ3n) is 5.88. The molecule has 1 aliphatic carbocycles. The molecular weight excluding hydrogens is 430 g/mol. The first-order valence-corrected chi connectivity index (χ1v) is 10.5. The van der Waals surface area contributed by atoms with Gasteiger partial charge in [0.05, 0.1) is 22.0 Å². The minimum absolute atomic E-state index is 0.0775. The summed E-state index contributed by atoms with van der Waals surface area (Å²) in [6, 6.07) is 16.4. The Hall–Kier alpha value is -3.76. The Bertz CT molecular complexity index is 1310. The molecule has 160 valence electrons. The van der Waals surface area contributed by atoms with Crippen LogP contribution in [0.2, 0.25) is 5.02 Å². The third kappa shape index (κ3) is 3.39. The first kappa shape index (κ1) is 20.2. The fraction of sp³-hybridized carbons (Fsp3) is 0.208. The second-order valence-corrected chi connectivity index (χ2v) is 8.24. The number of nitriles is 1. The highest BCUT2D eigenvalue weighted by molar-refractivity contribution is 6.32. The van der Waals surface area contributed by atoms with Gasteiger partial charge >= 0.3 is 6.16 Å². The van der Waals surface area contributed by atoms with Crippen LogP contribution in [0.1, 0.15) is 40.7 Å². The maximum absolute atomic E-state index is 10.9. The molecule has 5 rings (SSSR count). The largest absolute Gasteiger partial charge is 0.511 e. The van der Waals surface area contributed by atoms with Gasteiger partial charge < -0.3 is 14.3 Å². The number of hydrazone groups is 1. The Labute approximate surface area is 189 Å². The van der Waals surface area contributed by atoms with E-state index in [4.69, 9.17) is 31.0 Å². The average Bonchev–Trinajstić information content (AvgIpc) is 3.36. The molecule has 32 heavy (non-hydrogen) atoms. The number of hydrogen-bond acceptors (Lipinski definition) is 6. The fourth-order valence-electron chi connectivity index (χ4n) is 4.51. The van der Waals surface area contributed by atoms with Gasteiger partial charge in [0.25, 0.3) is 0 Å². The van der Waals surface area contributed by atoms with E-state index < -0.39 is 6.16 Å². The van der Waals surface area contributed by atoms with Gasteiger partial charge in [-0.15, -0.1) is 0 Å². The number of anilines is 1. The van der Waals surface area contributed by atoms with E-state index in [2.05, 4.69) is 6.07 Å². The van der Waals surface area contributed by atoms with Crippen molar-refractivity contribution >= 4 is 29.2 Å². The molecule has 7 nitrogen and oxygen atoms in total. The number of fused-ring (bicyclic) bond motifs is 3. The number of furan rings is 1. The SMILES string of the molecule is Cc1ccc(C2C3CCc4cc(OC(=O)O)ccc4C3=NN2c2ccc(C#N)c(Cl)c2)o1. The standard InChI is InChI=1S/C24H18ClN3O4/c1-13-2-9-21(31-13)23-19-7-4-14-10-17(32-24(29)30)6-8-18(14)22(19)27-28(23)16-5-3-15(12-26)20(25)11-16/h2-3,5-6,8-11,19,23H,4,7H2,1H3,(H,29,30). The lowest BCUT2D eigenvalue weighted by Gasteiger charge is -2.29. The van der Waals surface area contributed by atoms with Crippen molar-refractivity contribution in [3.63, 3.8) is 0 Å². The predicted octanol–water partition coefficient (Wildman–Crippen LogP) is 5.70. The molecule has 0 bridgehead atoms. The predicted molar refractivity (Wildman–Crippen MR) is 118 cm³/mol. The van der Waals surface area contributed by atoms with E-state index in [9.17, 15) is 10.1 Å². The lowest BCUT2D eigenvalue weighted by molar-refractivity contribution is 0.144. The van der Waals surface area contributed by atoms with E-state index in [1.165, 1.54) is 0 Å². The zero-order chi connectivity index (χ0) is 22.4. The highest BCUT2D eigenvalue weighted by Gasteiger charge is 2.43. The summed E-state index contributed by atoms with van der Waals surface area (Å²) in [5, 5.41) is 25.4. The second kappa shape index (κ2) is 7.74. The van der Waals surface area contributed by atoms with Crippen LogP contribution >= 0.6 is 11.6 Å². The van der Waals surface area contributed by atoms with Crippen LogP contribution in [0.15, 0.2) is 58.0 Å². The fourth-order valence-corrected chi connectivity index (χ4v) is 4.73. The summed E-state index contributed by atoms with van der Waals surface area (Å²) in [6.45, 7) is 1.91. The topological polar surface area (TPSA) is 99.1 Å². The number of hydrogen-bond donors (Lipinski definition) is 1. The van der Waals surface area contributed by atoms with Crippen molar-refractivity contribution in [2.24, 2.45) is 11.0 Å². The highest BCUT2D eigenvalue weighted by atomic mass is 35.5. The number of carbonyl (C=O) groups is 1. The number of rotatable bonds is 3. The van der Waals surface area contributed by atoms with Gasteiger partial charge in [0.15, 0.2) is 0 Å². The van der Waals surface area contributed by atoms with E-state index in [-0.39, 0.29) is 12.0 Å². The molecule has 2 aromatic carbocycles. The zero-order valence-electron chi connectivity index (χ0n) is 17.1. The van der Waals surface area contributed by atoms with Crippen molar-refractivity contribution in [1.29, 1.82) is 5.26 Å². The first-order valence-electron chi connectivity index (χ1n) is 10.1. The molecule has 3 aromatic rings. The van der Waals surface area contributed by atoms with Gasteiger partial charge in [0.2, 0.25) is 0 Å². The summed E-state index contributed by atoms with van der Waals surface area (Å²) < 4.78 is 10.8. The molecule has 0 spiro atoms. The Balaban J connectivity index is 1.60. The molecular formula is C24H18ClN3O4. The number of carboxylic acid groups (broad SMARTS) is 1. The molecule has 1 aromatic heterocycles. The van der Waals surface area contributed by atoms with E-state index in [0.29, 0.717) is 16.3 Å². The molecule has 0 saturated carbocycles. The van der Waals surface area contributed by atoms with Crippen molar-refractivity contribution in [2.75, 3.05) is 5.01 Å². The summed E-state index contributed by atoms with van der Waals surface area (Å²) in [5.41, 5.74) is 4.04. The lowest BCUT2D eigenvalue weighted by Crippen LogP contribution is -2.28. The van der Waals surface area contributed by atoms with Crippen LogP contribution in [0.25, 0.3) is 0 Å². The van der Waals surface area contributed by atoms with Gasteiger partial charge in [0.1, 0.15) is 29.4 Å². The van der Waals surface area contributed by atoms with Gasteiger partial charge in [-0.05, 0) is 73.9 Å². The molecule has 2 atom stereocenters. The Kier molecular flexibility index (Phi) is 4.87. The quantitative estimate of drug-likeness (QED) is 0.408. The minimum atomic E-state index is -1.34. The molecule has 0 saturated heterocycles. The van der Waals surface area contributed by atoms with E-state index in [0.717, 1.165) is 46.9 Å². The van der Waals surface area contributed by atoms with Crippen molar-refractivity contribution in [3.8, 4) is 11.8 Å². The summed E-state index contributed by atoms with van der Waals surface area (Å²) in [5.74, 6) is 2.00. The smallest absolute Gasteiger partial charge is 0.464 e. The second-order valence-electron chi connectivity index (χ2n) is 7.83. The van der Waals surface area contributed by atoms with Crippen LogP contribution < -0.4 is 9.75 Å². The summed E-state index contributed by atoms with van der Waals surface area (Å²) in [4.78, 5) is 10.9. The number of ether oxygens (including phenoxy) is 1. The van der Waals surface area contributed by atoms with Crippen LogP contribution in [-0.2, 0) is 6.42 Å². The van der Waals surface area contributed by atoms with Gasteiger partial charge in [-0.2, -0.15) is 10.4 Å². The van der Waals surface area contributed by atoms with Crippen molar-refractivity contribution in [2.45, 2.75) is 25.8 Å². The van der Waals surface area contributed by atoms with Crippen LogP contribution in [-0.4, -0.2) is 17.0 Å². The summed E-state index contributed by atoms with van der Waals surface area (Å²) in [6.07, 6.45) is 0.232. The maximum atomic E-state index is 10.9. The molecule has 0 amide bonds. The van der Waals surface area contributed by atoms with E-state index >= 15 is 0 Å². The van der Waals surface area contributed by atoms with Crippen molar-refractivity contribution in [3.05, 3.63) is 81.8 Å². The molecule has 2 aliphatic rings. The number of nitrogens with zero attached hydrogens (tertiary/aromatic N) is 3. The molecule has 8 heteroatoms. The number of halogens is 1. The molecule has 0 fully saturated rings. The number of aryl methyl sites for hydroxylation is 2. The van der Waals surface area contributed by atoms with Gasteiger partial charge in [-0.3, -0.25) is 5.01 Å².